The summed E-state index contributed by atoms with van der Waals surface area (Å²) in [5.41, 5.74) is 0.780. The molecule has 0 saturated carbocycles. The Bertz CT molecular complexity index is 489. The second-order valence-electron chi connectivity index (χ2n) is 5.50. The van der Waals surface area contributed by atoms with Crippen molar-refractivity contribution in [1.82, 2.24) is 20.6 Å². The minimum absolute atomic E-state index is 0.0184. The molecule has 2 rings (SSSR count). The van der Waals surface area contributed by atoms with Gasteiger partial charge in [-0.05, 0) is 33.2 Å². The number of carbonyl (C=O) groups is 1. The van der Waals surface area contributed by atoms with Gasteiger partial charge in [0.05, 0.1) is 23.9 Å². The molecule has 1 aliphatic heterocycles. The fourth-order valence-electron chi connectivity index (χ4n) is 2.45. The summed E-state index contributed by atoms with van der Waals surface area (Å²) in [6.45, 7) is 7.55. The van der Waals surface area contributed by atoms with Gasteiger partial charge >= 0.3 is 0 Å². The molecule has 1 aromatic rings. The number of aryl methyl sites for hydroxylation is 1. The van der Waals surface area contributed by atoms with Gasteiger partial charge in [0.1, 0.15) is 0 Å². The zero-order valence-corrected chi connectivity index (χ0v) is 13.5. The van der Waals surface area contributed by atoms with Gasteiger partial charge in [0, 0.05) is 6.54 Å². The Morgan fingerprint density at radius 2 is 2.33 bits per heavy atom. The first kappa shape index (κ1) is 16.3. The lowest BCUT2D eigenvalue weighted by molar-refractivity contribution is -0.0220. The van der Waals surface area contributed by atoms with Gasteiger partial charge in [-0.15, -0.1) is 0 Å². The second-order valence-corrected chi connectivity index (χ2v) is 5.86. The Labute approximate surface area is 130 Å². The van der Waals surface area contributed by atoms with E-state index in [0.717, 1.165) is 25.2 Å². The van der Waals surface area contributed by atoms with E-state index in [0.29, 0.717) is 11.6 Å². The van der Waals surface area contributed by atoms with E-state index in [9.17, 15) is 4.79 Å². The molecule has 21 heavy (non-hydrogen) atoms. The van der Waals surface area contributed by atoms with Gasteiger partial charge in [-0.25, -0.2) is 4.98 Å². The Morgan fingerprint density at radius 1 is 1.57 bits per heavy atom. The van der Waals surface area contributed by atoms with Crippen molar-refractivity contribution in [2.75, 3.05) is 13.1 Å². The number of aromatic nitrogens is 2. The van der Waals surface area contributed by atoms with Crippen LogP contribution in [0, 0.1) is 0 Å². The van der Waals surface area contributed by atoms with E-state index >= 15 is 0 Å². The molecule has 0 spiro atoms. The second kappa shape index (κ2) is 7.24. The van der Waals surface area contributed by atoms with Crippen molar-refractivity contribution in [1.29, 1.82) is 0 Å². The van der Waals surface area contributed by atoms with E-state index in [1.54, 1.807) is 0 Å². The van der Waals surface area contributed by atoms with Crippen molar-refractivity contribution >= 4 is 17.5 Å². The van der Waals surface area contributed by atoms with Crippen LogP contribution in [-0.2, 0) is 11.2 Å². The van der Waals surface area contributed by atoms with E-state index in [2.05, 4.69) is 20.6 Å². The summed E-state index contributed by atoms with van der Waals surface area (Å²) in [5, 5.41) is 6.65. The highest BCUT2D eigenvalue weighted by molar-refractivity contribution is 6.30. The Hall–Kier alpha value is -1.11. The molecule has 7 heteroatoms. The fraction of sp³-hybridized carbons (Fsp3) is 0.714. The van der Waals surface area contributed by atoms with Crippen LogP contribution in [0.3, 0.4) is 0 Å². The van der Waals surface area contributed by atoms with Crippen LogP contribution in [0.25, 0.3) is 0 Å². The van der Waals surface area contributed by atoms with Crippen LogP contribution in [0.5, 0.6) is 0 Å². The first-order valence-electron chi connectivity index (χ1n) is 7.42. The monoisotopic (exact) mass is 314 g/mol. The molecule has 0 aromatic carbocycles. The standard InChI is InChI=1S/C14H23ClN4O2/c1-4-9-12(15)19-13(17-9)14(20)18-10-5-6-16-7-11(10)21-8(2)3/h8,10-11,16H,4-7H2,1-3H3,(H,17,19)(H,18,20). The molecule has 1 aromatic heterocycles. The summed E-state index contributed by atoms with van der Waals surface area (Å²) in [7, 11) is 0. The lowest BCUT2D eigenvalue weighted by atomic mass is 10.0. The van der Waals surface area contributed by atoms with Crippen LogP contribution < -0.4 is 10.6 Å². The van der Waals surface area contributed by atoms with Crippen LogP contribution >= 0.6 is 11.6 Å². The molecular weight excluding hydrogens is 292 g/mol. The average molecular weight is 315 g/mol. The fourth-order valence-corrected chi connectivity index (χ4v) is 2.72. The summed E-state index contributed by atoms with van der Waals surface area (Å²) >= 11 is 5.97. The molecule has 118 valence electrons. The van der Waals surface area contributed by atoms with Gasteiger partial charge in [0.15, 0.2) is 11.0 Å². The molecule has 2 heterocycles. The van der Waals surface area contributed by atoms with Crippen molar-refractivity contribution in [3.63, 3.8) is 0 Å². The van der Waals surface area contributed by atoms with E-state index in [4.69, 9.17) is 16.3 Å². The number of nitrogens with one attached hydrogen (secondary N) is 3. The summed E-state index contributed by atoms with van der Waals surface area (Å²) in [4.78, 5) is 19.3. The molecule has 1 amide bonds. The topological polar surface area (TPSA) is 79.0 Å². The molecule has 2 unspecified atom stereocenters. The summed E-state index contributed by atoms with van der Waals surface area (Å²) in [6.07, 6.45) is 1.64. The number of imidazole rings is 1. The van der Waals surface area contributed by atoms with E-state index in [-0.39, 0.29) is 30.0 Å². The number of rotatable bonds is 5. The van der Waals surface area contributed by atoms with Crippen molar-refractivity contribution in [3.8, 4) is 0 Å². The SMILES string of the molecule is CCc1[nH]c(C(=O)NC2CCNCC2OC(C)C)nc1Cl. The van der Waals surface area contributed by atoms with Crippen LogP contribution in [0.15, 0.2) is 0 Å². The summed E-state index contributed by atoms with van der Waals surface area (Å²) < 4.78 is 5.86. The lowest BCUT2D eigenvalue weighted by Crippen LogP contribution is -2.54. The van der Waals surface area contributed by atoms with Crippen LogP contribution in [0.4, 0.5) is 0 Å². The van der Waals surface area contributed by atoms with Gasteiger partial charge < -0.3 is 20.4 Å². The number of nitrogens with zero attached hydrogens (tertiary/aromatic N) is 1. The van der Waals surface area contributed by atoms with Crippen LogP contribution in [-0.4, -0.2) is 47.2 Å². The predicted octanol–water partition coefficient (Wildman–Crippen LogP) is 1.51. The largest absolute Gasteiger partial charge is 0.372 e. The molecule has 1 fully saturated rings. The minimum atomic E-state index is -0.235. The first-order valence-corrected chi connectivity index (χ1v) is 7.80. The van der Waals surface area contributed by atoms with E-state index in [1.807, 2.05) is 20.8 Å². The highest BCUT2D eigenvalue weighted by Gasteiger charge is 2.29. The molecule has 2 atom stereocenters. The normalized spacial score (nSPS) is 22.5. The number of ether oxygens (including phenoxy) is 1. The number of piperidine rings is 1. The van der Waals surface area contributed by atoms with Crippen molar-refractivity contribution < 1.29 is 9.53 Å². The maximum Gasteiger partial charge on any atom is 0.287 e. The highest BCUT2D eigenvalue weighted by atomic mass is 35.5. The molecule has 3 N–H and O–H groups in total. The van der Waals surface area contributed by atoms with Gasteiger partial charge in [-0.2, -0.15) is 0 Å². The lowest BCUT2D eigenvalue weighted by Gasteiger charge is -2.33. The maximum atomic E-state index is 12.3. The number of amides is 1. The van der Waals surface area contributed by atoms with Crippen LogP contribution in [0.2, 0.25) is 5.15 Å². The first-order chi connectivity index (χ1) is 10.0. The number of H-pyrrole nitrogens is 1. The Morgan fingerprint density at radius 3 is 2.95 bits per heavy atom. The zero-order chi connectivity index (χ0) is 15.4. The number of halogens is 1. The minimum Gasteiger partial charge on any atom is -0.372 e. The van der Waals surface area contributed by atoms with Crippen molar-refractivity contribution in [3.05, 3.63) is 16.7 Å². The number of hydrogen-bond acceptors (Lipinski definition) is 4. The average Bonchev–Trinajstić information content (AvgIpc) is 2.81. The molecule has 0 radical (unpaired) electrons. The van der Waals surface area contributed by atoms with Crippen molar-refractivity contribution in [2.45, 2.75) is 51.9 Å². The van der Waals surface area contributed by atoms with Crippen molar-refractivity contribution in [2.24, 2.45) is 0 Å². The molecule has 6 nitrogen and oxygen atoms in total. The molecule has 1 saturated heterocycles. The smallest absolute Gasteiger partial charge is 0.287 e. The Kier molecular flexibility index (Phi) is 5.61. The third-order valence-electron chi connectivity index (χ3n) is 3.49. The third-order valence-corrected chi connectivity index (χ3v) is 3.80. The summed E-state index contributed by atoms with van der Waals surface area (Å²) in [6, 6.07) is -0.0184. The van der Waals surface area contributed by atoms with Crippen LogP contribution in [0.1, 0.15) is 43.5 Å². The molecule has 0 aliphatic carbocycles. The third kappa shape index (κ3) is 4.18. The molecule has 1 aliphatic rings. The quantitative estimate of drug-likeness (QED) is 0.770. The van der Waals surface area contributed by atoms with Gasteiger partial charge in [0.2, 0.25) is 0 Å². The van der Waals surface area contributed by atoms with Gasteiger partial charge in [-0.1, -0.05) is 18.5 Å². The summed E-state index contributed by atoms with van der Waals surface area (Å²) in [5.74, 6) is 0.0273. The van der Waals surface area contributed by atoms with Gasteiger partial charge in [-0.3, -0.25) is 4.79 Å². The predicted molar refractivity (Wildman–Crippen MR) is 81.7 cm³/mol. The highest BCUT2D eigenvalue weighted by Crippen LogP contribution is 2.15. The number of hydrogen-bond donors (Lipinski definition) is 3. The van der Waals surface area contributed by atoms with E-state index in [1.165, 1.54) is 0 Å². The Balaban J connectivity index is 2.02. The molecular formula is C14H23ClN4O2. The maximum absolute atomic E-state index is 12.3. The van der Waals surface area contributed by atoms with E-state index < -0.39 is 0 Å². The number of aromatic amines is 1. The zero-order valence-electron chi connectivity index (χ0n) is 12.7. The van der Waals surface area contributed by atoms with Gasteiger partial charge in [0.25, 0.3) is 5.91 Å². The molecule has 0 bridgehead atoms. The number of carbonyl (C=O) groups excluding carboxylic acids is 1.